The van der Waals surface area contributed by atoms with Crippen molar-refractivity contribution in [1.29, 1.82) is 0 Å². The molecule has 1 aliphatic rings. The highest BCUT2D eigenvalue weighted by molar-refractivity contribution is 6.51. The van der Waals surface area contributed by atoms with Crippen molar-refractivity contribution in [3.8, 4) is 0 Å². The maximum Gasteiger partial charge on any atom is 0.300 e. The Kier molecular flexibility index (Phi) is 4.96. The van der Waals surface area contributed by atoms with Gasteiger partial charge in [0.25, 0.3) is 11.7 Å². The summed E-state index contributed by atoms with van der Waals surface area (Å²) in [5.74, 6) is -1.59. The summed E-state index contributed by atoms with van der Waals surface area (Å²) in [7, 11) is 0. The van der Waals surface area contributed by atoms with Gasteiger partial charge in [-0.3, -0.25) is 19.5 Å². The number of amides is 1. The van der Waals surface area contributed by atoms with E-state index >= 15 is 0 Å². The summed E-state index contributed by atoms with van der Waals surface area (Å²) in [6.07, 6.45) is 1.61. The number of aliphatic hydroxyl groups is 1. The molecule has 1 fully saturated rings. The quantitative estimate of drug-likeness (QED) is 0.397. The second-order valence-electron chi connectivity index (χ2n) is 7.56. The third-order valence-corrected chi connectivity index (χ3v) is 5.50. The molecule has 5 heteroatoms. The minimum Gasteiger partial charge on any atom is -0.507 e. The van der Waals surface area contributed by atoms with E-state index in [1.165, 1.54) is 4.90 Å². The molecule has 0 saturated carbocycles. The van der Waals surface area contributed by atoms with Crippen LogP contribution in [0.1, 0.15) is 34.0 Å². The van der Waals surface area contributed by atoms with Gasteiger partial charge < -0.3 is 5.11 Å². The van der Waals surface area contributed by atoms with E-state index in [4.69, 9.17) is 0 Å². The number of pyridine rings is 1. The lowest BCUT2D eigenvalue weighted by atomic mass is 9.96. The van der Waals surface area contributed by atoms with Crippen LogP contribution in [-0.4, -0.2) is 21.8 Å². The fourth-order valence-electron chi connectivity index (χ4n) is 3.67. The van der Waals surface area contributed by atoms with Gasteiger partial charge in [-0.1, -0.05) is 35.9 Å². The maximum atomic E-state index is 13.1. The van der Waals surface area contributed by atoms with Gasteiger partial charge in [0.15, 0.2) is 0 Å². The number of carbonyl (C=O) groups excluding carboxylic acids is 2. The number of Topliss-reactive ketones (excluding diaryl/α,β-unsaturated/α-hetero) is 1. The van der Waals surface area contributed by atoms with Gasteiger partial charge in [-0.15, -0.1) is 0 Å². The molecule has 150 valence electrons. The number of ketones is 1. The summed E-state index contributed by atoms with van der Waals surface area (Å²) in [6, 6.07) is 17.3. The Morgan fingerprint density at radius 2 is 1.67 bits per heavy atom. The van der Waals surface area contributed by atoms with E-state index in [2.05, 4.69) is 4.98 Å². The van der Waals surface area contributed by atoms with Crippen molar-refractivity contribution >= 4 is 23.1 Å². The molecule has 2 aromatic carbocycles. The van der Waals surface area contributed by atoms with Crippen LogP contribution in [0.25, 0.3) is 5.76 Å². The van der Waals surface area contributed by atoms with E-state index in [1.54, 1.807) is 42.6 Å². The van der Waals surface area contributed by atoms with Crippen LogP contribution in [0, 0.1) is 20.8 Å². The van der Waals surface area contributed by atoms with E-state index in [0.29, 0.717) is 16.9 Å². The molecular formula is C25H22N2O3. The standard InChI is InChI=1S/C25H22N2O3/c1-15-7-11-19(12-8-15)27-22(20-6-4-5-13-26-20)21(24(29)25(27)30)23(28)18-10-9-16(2)17(3)14-18/h4-14,22,28H,1-3H3/b23-21-. The highest BCUT2D eigenvalue weighted by Gasteiger charge is 2.47. The summed E-state index contributed by atoms with van der Waals surface area (Å²) in [6.45, 7) is 5.87. The molecule has 1 aromatic heterocycles. The number of nitrogens with zero attached hydrogens (tertiary/aromatic N) is 2. The van der Waals surface area contributed by atoms with Crippen LogP contribution in [0.2, 0.25) is 0 Å². The Morgan fingerprint density at radius 1 is 0.933 bits per heavy atom. The molecule has 1 N–H and O–H groups in total. The molecule has 1 atom stereocenters. The average molecular weight is 398 g/mol. The van der Waals surface area contributed by atoms with E-state index in [0.717, 1.165) is 16.7 Å². The van der Waals surface area contributed by atoms with Crippen LogP contribution in [0.4, 0.5) is 5.69 Å². The summed E-state index contributed by atoms with van der Waals surface area (Å²) in [5, 5.41) is 11.1. The molecule has 0 radical (unpaired) electrons. The molecule has 1 saturated heterocycles. The summed E-state index contributed by atoms with van der Waals surface area (Å²) < 4.78 is 0. The lowest BCUT2D eigenvalue weighted by molar-refractivity contribution is -0.132. The molecule has 2 heterocycles. The van der Waals surface area contributed by atoms with Gasteiger partial charge in [0.2, 0.25) is 0 Å². The zero-order chi connectivity index (χ0) is 21.4. The van der Waals surface area contributed by atoms with Crippen molar-refractivity contribution in [2.24, 2.45) is 0 Å². The van der Waals surface area contributed by atoms with Crippen LogP contribution >= 0.6 is 0 Å². The third-order valence-electron chi connectivity index (χ3n) is 5.50. The summed E-state index contributed by atoms with van der Waals surface area (Å²) >= 11 is 0. The fourth-order valence-corrected chi connectivity index (χ4v) is 3.67. The zero-order valence-electron chi connectivity index (χ0n) is 17.1. The molecule has 1 unspecified atom stereocenters. The Hall–Kier alpha value is -3.73. The lowest BCUT2D eigenvalue weighted by Crippen LogP contribution is -2.29. The molecule has 0 bridgehead atoms. The number of benzene rings is 2. The van der Waals surface area contributed by atoms with Crippen molar-refractivity contribution in [2.75, 3.05) is 4.90 Å². The predicted octanol–water partition coefficient (Wildman–Crippen LogP) is 4.63. The van der Waals surface area contributed by atoms with Gasteiger partial charge in [0.05, 0.1) is 11.3 Å². The van der Waals surface area contributed by atoms with Crippen molar-refractivity contribution in [1.82, 2.24) is 4.98 Å². The Bertz CT molecular complexity index is 1160. The van der Waals surface area contributed by atoms with Gasteiger partial charge >= 0.3 is 0 Å². The van der Waals surface area contributed by atoms with Crippen LogP contribution in [-0.2, 0) is 9.59 Å². The first-order valence-corrected chi connectivity index (χ1v) is 9.74. The monoisotopic (exact) mass is 398 g/mol. The molecule has 0 spiro atoms. The molecule has 0 aliphatic carbocycles. The topological polar surface area (TPSA) is 70.5 Å². The second kappa shape index (κ2) is 7.59. The molecule has 3 aromatic rings. The Balaban J connectivity index is 1.94. The van der Waals surface area contributed by atoms with Crippen molar-refractivity contribution < 1.29 is 14.7 Å². The predicted molar refractivity (Wildman–Crippen MR) is 116 cm³/mol. The zero-order valence-corrected chi connectivity index (χ0v) is 17.1. The maximum absolute atomic E-state index is 13.1. The smallest absolute Gasteiger partial charge is 0.300 e. The average Bonchev–Trinajstić information content (AvgIpc) is 3.02. The first kappa shape index (κ1) is 19.6. The number of carbonyl (C=O) groups is 2. The van der Waals surface area contributed by atoms with Gasteiger partial charge in [0.1, 0.15) is 11.8 Å². The molecule has 4 rings (SSSR count). The number of rotatable bonds is 3. The fraction of sp³-hybridized carbons (Fsp3) is 0.160. The number of aryl methyl sites for hydroxylation is 3. The first-order chi connectivity index (χ1) is 14.4. The van der Waals surface area contributed by atoms with Gasteiger partial charge in [-0.25, -0.2) is 0 Å². The number of hydrogen-bond donors (Lipinski definition) is 1. The summed E-state index contributed by atoms with van der Waals surface area (Å²) in [5.41, 5.74) is 4.75. The number of hydrogen-bond acceptors (Lipinski definition) is 4. The molecule has 1 amide bonds. The highest BCUT2D eigenvalue weighted by atomic mass is 16.3. The Labute approximate surface area is 175 Å². The normalized spacial score (nSPS) is 18.1. The van der Waals surface area contributed by atoms with Gasteiger partial charge in [0, 0.05) is 17.4 Å². The van der Waals surface area contributed by atoms with E-state index in [9.17, 15) is 14.7 Å². The molecule has 5 nitrogen and oxygen atoms in total. The van der Waals surface area contributed by atoms with Crippen LogP contribution in [0.3, 0.4) is 0 Å². The van der Waals surface area contributed by atoms with Crippen LogP contribution in [0.15, 0.2) is 72.4 Å². The van der Waals surface area contributed by atoms with E-state index in [-0.39, 0.29) is 11.3 Å². The molecule has 30 heavy (non-hydrogen) atoms. The van der Waals surface area contributed by atoms with Gasteiger partial charge in [-0.2, -0.15) is 0 Å². The molecular weight excluding hydrogens is 376 g/mol. The number of aromatic nitrogens is 1. The van der Waals surface area contributed by atoms with Crippen molar-refractivity contribution in [3.05, 3.63) is 100 Å². The molecule has 1 aliphatic heterocycles. The SMILES string of the molecule is Cc1ccc(N2C(=O)C(=O)/C(=C(\O)c3ccc(C)c(C)c3)C2c2ccccn2)cc1. The van der Waals surface area contributed by atoms with E-state index in [1.807, 2.05) is 45.0 Å². The number of anilines is 1. The third kappa shape index (κ3) is 3.28. The van der Waals surface area contributed by atoms with Crippen molar-refractivity contribution in [2.45, 2.75) is 26.8 Å². The first-order valence-electron chi connectivity index (χ1n) is 9.74. The largest absolute Gasteiger partial charge is 0.507 e. The summed E-state index contributed by atoms with van der Waals surface area (Å²) in [4.78, 5) is 31.9. The lowest BCUT2D eigenvalue weighted by Gasteiger charge is -2.24. The van der Waals surface area contributed by atoms with Gasteiger partial charge in [-0.05, 0) is 62.2 Å². The van der Waals surface area contributed by atoms with Crippen molar-refractivity contribution in [3.63, 3.8) is 0 Å². The minimum absolute atomic E-state index is 0.0440. The minimum atomic E-state index is -0.810. The van der Waals surface area contributed by atoms with Crippen LogP contribution < -0.4 is 4.90 Å². The Morgan fingerprint density at radius 3 is 2.30 bits per heavy atom. The van der Waals surface area contributed by atoms with Crippen LogP contribution in [0.5, 0.6) is 0 Å². The second-order valence-corrected chi connectivity index (χ2v) is 7.56. The highest BCUT2D eigenvalue weighted by Crippen LogP contribution is 2.41. The van der Waals surface area contributed by atoms with E-state index < -0.39 is 17.7 Å². The number of aliphatic hydroxyl groups excluding tert-OH is 1.